The van der Waals surface area contributed by atoms with E-state index in [2.05, 4.69) is 20.9 Å². The first-order valence-corrected chi connectivity index (χ1v) is 5.75. The Morgan fingerprint density at radius 1 is 1.29 bits per heavy atom. The summed E-state index contributed by atoms with van der Waals surface area (Å²) in [4.78, 5) is 14.9. The average molecular weight is 291 g/mol. The molecule has 4 nitrogen and oxygen atoms in total. The summed E-state index contributed by atoms with van der Waals surface area (Å²) in [5.74, 6) is -1.02. The van der Waals surface area contributed by atoms with Gasteiger partial charge in [0.2, 0.25) is 0 Å². The molecular weight excluding hydrogens is 284 g/mol. The maximum Gasteiger partial charge on any atom is 0.356 e. The number of pyridine rings is 1. The highest BCUT2D eigenvalue weighted by Crippen LogP contribution is 2.21. The van der Waals surface area contributed by atoms with Crippen molar-refractivity contribution in [2.24, 2.45) is 0 Å². The molecule has 5 heteroatoms. The first kappa shape index (κ1) is 10.3. The molecule has 0 spiro atoms. The SMILES string of the molecule is O=C(O)c1cn2c(ccc3ccc(Br)cc32)n1. The molecule has 0 fully saturated rings. The quantitative estimate of drug-likeness (QED) is 0.750. The number of carboxylic acid groups (broad SMARTS) is 1. The Labute approximate surface area is 105 Å². The molecule has 0 saturated carbocycles. The van der Waals surface area contributed by atoms with Gasteiger partial charge < -0.3 is 5.11 Å². The van der Waals surface area contributed by atoms with E-state index in [4.69, 9.17) is 5.11 Å². The minimum absolute atomic E-state index is 0.0532. The second kappa shape index (κ2) is 3.56. The van der Waals surface area contributed by atoms with E-state index < -0.39 is 5.97 Å². The van der Waals surface area contributed by atoms with E-state index in [0.717, 1.165) is 15.4 Å². The van der Waals surface area contributed by atoms with E-state index in [1.165, 1.54) is 6.20 Å². The van der Waals surface area contributed by atoms with E-state index in [9.17, 15) is 4.79 Å². The Bertz CT molecular complexity index is 749. The van der Waals surface area contributed by atoms with Crippen LogP contribution in [0.2, 0.25) is 0 Å². The minimum Gasteiger partial charge on any atom is -0.476 e. The second-order valence-corrected chi connectivity index (χ2v) is 4.61. The van der Waals surface area contributed by atoms with Gasteiger partial charge in [0, 0.05) is 10.7 Å². The number of benzene rings is 1. The van der Waals surface area contributed by atoms with E-state index >= 15 is 0 Å². The molecule has 0 amide bonds. The number of nitrogens with zero attached hydrogens (tertiary/aromatic N) is 2. The highest BCUT2D eigenvalue weighted by Gasteiger charge is 2.10. The normalized spacial score (nSPS) is 11.1. The van der Waals surface area contributed by atoms with Crippen LogP contribution in [-0.4, -0.2) is 20.5 Å². The molecule has 2 heterocycles. The molecule has 1 N–H and O–H groups in total. The van der Waals surface area contributed by atoms with Crippen LogP contribution >= 0.6 is 15.9 Å². The molecule has 3 aromatic rings. The number of aromatic nitrogens is 2. The first-order chi connectivity index (χ1) is 8.15. The van der Waals surface area contributed by atoms with Crippen LogP contribution in [0, 0.1) is 0 Å². The lowest BCUT2D eigenvalue weighted by atomic mass is 10.2. The molecule has 0 aliphatic heterocycles. The molecular formula is C12H7BrN2O2. The summed E-state index contributed by atoms with van der Waals surface area (Å²) in [7, 11) is 0. The highest BCUT2D eigenvalue weighted by atomic mass is 79.9. The molecule has 3 rings (SSSR count). The number of rotatable bonds is 1. The van der Waals surface area contributed by atoms with Gasteiger partial charge in [-0.25, -0.2) is 9.78 Å². The number of halogens is 1. The van der Waals surface area contributed by atoms with Crippen LogP contribution in [-0.2, 0) is 0 Å². The topological polar surface area (TPSA) is 54.6 Å². The van der Waals surface area contributed by atoms with E-state index in [1.807, 2.05) is 30.3 Å². The summed E-state index contributed by atoms with van der Waals surface area (Å²) in [5.41, 5.74) is 1.61. The molecule has 0 saturated heterocycles. The third-order valence-corrected chi connectivity index (χ3v) is 3.11. The van der Waals surface area contributed by atoms with Gasteiger partial charge in [0.05, 0.1) is 5.52 Å². The van der Waals surface area contributed by atoms with Gasteiger partial charge in [0.1, 0.15) is 5.65 Å². The van der Waals surface area contributed by atoms with Crippen molar-refractivity contribution in [2.45, 2.75) is 0 Å². The summed E-state index contributed by atoms with van der Waals surface area (Å²) >= 11 is 3.40. The van der Waals surface area contributed by atoms with Crippen molar-refractivity contribution in [1.29, 1.82) is 0 Å². The molecule has 1 aromatic carbocycles. The number of carboxylic acids is 1. The lowest BCUT2D eigenvalue weighted by molar-refractivity contribution is 0.0691. The third-order valence-electron chi connectivity index (χ3n) is 2.62. The zero-order valence-electron chi connectivity index (χ0n) is 8.59. The predicted molar refractivity (Wildman–Crippen MR) is 67.4 cm³/mol. The van der Waals surface area contributed by atoms with Gasteiger partial charge in [-0.1, -0.05) is 22.0 Å². The van der Waals surface area contributed by atoms with Crippen molar-refractivity contribution in [1.82, 2.24) is 9.38 Å². The molecule has 84 valence electrons. The number of fused-ring (bicyclic) bond motifs is 3. The van der Waals surface area contributed by atoms with Gasteiger partial charge >= 0.3 is 5.97 Å². The van der Waals surface area contributed by atoms with Crippen molar-refractivity contribution in [2.75, 3.05) is 0 Å². The monoisotopic (exact) mass is 290 g/mol. The number of aromatic carboxylic acids is 1. The smallest absolute Gasteiger partial charge is 0.356 e. The summed E-state index contributed by atoms with van der Waals surface area (Å²) in [6.07, 6.45) is 1.53. The predicted octanol–water partition coefficient (Wildman–Crippen LogP) is 2.95. The van der Waals surface area contributed by atoms with Crippen LogP contribution < -0.4 is 0 Å². The Hall–Kier alpha value is -1.88. The molecule has 0 bridgehead atoms. The maximum atomic E-state index is 10.9. The Kier molecular flexibility index (Phi) is 2.16. The van der Waals surface area contributed by atoms with Gasteiger partial charge in [0.15, 0.2) is 5.69 Å². The minimum atomic E-state index is -1.02. The number of hydrogen-bond donors (Lipinski definition) is 1. The zero-order valence-corrected chi connectivity index (χ0v) is 10.2. The average Bonchev–Trinajstić information content (AvgIpc) is 2.73. The van der Waals surface area contributed by atoms with Gasteiger partial charge in [-0.2, -0.15) is 0 Å². The lowest BCUT2D eigenvalue weighted by Gasteiger charge is -2.01. The third kappa shape index (κ3) is 1.59. The number of hydrogen-bond acceptors (Lipinski definition) is 2. The molecule has 0 atom stereocenters. The molecule has 0 unspecified atom stereocenters. The van der Waals surface area contributed by atoms with Crippen LogP contribution in [0.25, 0.3) is 16.6 Å². The van der Waals surface area contributed by atoms with E-state index in [1.54, 1.807) is 4.40 Å². The molecule has 2 aromatic heterocycles. The van der Waals surface area contributed by atoms with Gasteiger partial charge in [0.25, 0.3) is 0 Å². The van der Waals surface area contributed by atoms with Crippen molar-refractivity contribution in [3.8, 4) is 0 Å². The molecule has 17 heavy (non-hydrogen) atoms. The molecule has 0 aliphatic carbocycles. The van der Waals surface area contributed by atoms with Crippen molar-refractivity contribution < 1.29 is 9.90 Å². The summed E-state index contributed by atoms with van der Waals surface area (Å²) < 4.78 is 2.73. The fraction of sp³-hybridized carbons (Fsp3) is 0. The largest absolute Gasteiger partial charge is 0.476 e. The Morgan fingerprint density at radius 3 is 2.82 bits per heavy atom. The van der Waals surface area contributed by atoms with Crippen LogP contribution in [0.1, 0.15) is 10.5 Å². The van der Waals surface area contributed by atoms with Crippen LogP contribution in [0.3, 0.4) is 0 Å². The lowest BCUT2D eigenvalue weighted by Crippen LogP contribution is -1.94. The van der Waals surface area contributed by atoms with Gasteiger partial charge in [-0.3, -0.25) is 4.40 Å². The van der Waals surface area contributed by atoms with Crippen molar-refractivity contribution >= 4 is 38.4 Å². The fourth-order valence-electron chi connectivity index (χ4n) is 1.84. The number of imidazole rings is 1. The summed E-state index contributed by atoms with van der Waals surface area (Å²) in [6, 6.07) is 9.59. The van der Waals surface area contributed by atoms with Crippen molar-refractivity contribution in [3.05, 3.63) is 46.7 Å². The first-order valence-electron chi connectivity index (χ1n) is 4.96. The summed E-state index contributed by atoms with van der Waals surface area (Å²) in [5, 5.41) is 9.96. The van der Waals surface area contributed by atoms with E-state index in [-0.39, 0.29) is 5.69 Å². The molecule has 0 aliphatic rings. The maximum absolute atomic E-state index is 10.9. The molecule has 0 radical (unpaired) electrons. The van der Waals surface area contributed by atoms with Crippen LogP contribution in [0.4, 0.5) is 0 Å². The van der Waals surface area contributed by atoms with Crippen LogP contribution in [0.5, 0.6) is 0 Å². The standard InChI is InChI=1S/C12H7BrN2O2/c13-8-3-1-7-2-4-11-14-9(12(16)17)6-15(11)10(7)5-8/h1-6H,(H,16,17). The fourth-order valence-corrected chi connectivity index (χ4v) is 2.19. The van der Waals surface area contributed by atoms with Crippen molar-refractivity contribution in [3.63, 3.8) is 0 Å². The Morgan fingerprint density at radius 2 is 2.06 bits per heavy atom. The Balaban J connectivity index is 2.45. The number of carbonyl (C=O) groups is 1. The zero-order chi connectivity index (χ0) is 12.0. The van der Waals surface area contributed by atoms with E-state index in [0.29, 0.717) is 5.65 Å². The van der Waals surface area contributed by atoms with Gasteiger partial charge in [-0.05, 0) is 29.7 Å². The second-order valence-electron chi connectivity index (χ2n) is 3.70. The summed E-state index contributed by atoms with van der Waals surface area (Å²) in [6.45, 7) is 0. The van der Waals surface area contributed by atoms with Crippen LogP contribution in [0.15, 0.2) is 41.0 Å². The van der Waals surface area contributed by atoms with Gasteiger partial charge in [-0.15, -0.1) is 0 Å². The highest BCUT2D eigenvalue weighted by molar-refractivity contribution is 9.10.